The molecule has 2 aromatic rings. The highest BCUT2D eigenvalue weighted by molar-refractivity contribution is 5.92. The van der Waals surface area contributed by atoms with E-state index in [4.69, 9.17) is 4.74 Å². The van der Waals surface area contributed by atoms with Gasteiger partial charge in [0.2, 0.25) is 0 Å². The highest BCUT2D eigenvalue weighted by Gasteiger charge is 2.09. The van der Waals surface area contributed by atoms with Gasteiger partial charge in [0, 0.05) is 5.69 Å². The van der Waals surface area contributed by atoms with Crippen molar-refractivity contribution >= 4 is 17.9 Å². The van der Waals surface area contributed by atoms with Gasteiger partial charge in [-0.2, -0.15) is 0 Å². The Kier molecular flexibility index (Phi) is 4.72. The fourth-order valence-electron chi connectivity index (χ4n) is 1.94. The summed E-state index contributed by atoms with van der Waals surface area (Å²) in [6.45, 7) is 3.67. The molecule has 21 heavy (non-hydrogen) atoms. The minimum absolute atomic E-state index is 0.139. The molecule has 0 radical (unpaired) electrons. The lowest BCUT2D eigenvalue weighted by Gasteiger charge is -2.11. The van der Waals surface area contributed by atoms with Gasteiger partial charge in [-0.15, -0.1) is 0 Å². The zero-order valence-electron chi connectivity index (χ0n) is 12.1. The molecule has 0 aliphatic carbocycles. The summed E-state index contributed by atoms with van der Waals surface area (Å²) in [7, 11) is 0. The Morgan fingerprint density at radius 2 is 1.86 bits per heavy atom. The Morgan fingerprint density at radius 3 is 2.52 bits per heavy atom. The van der Waals surface area contributed by atoms with Crippen LogP contribution in [0.3, 0.4) is 0 Å². The van der Waals surface area contributed by atoms with Crippen molar-refractivity contribution in [1.82, 2.24) is 0 Å². The molecule has 0 saturated carbocycles. The first kappa shape index (κ1) is 14.8. The fraction of sp³-hybridized carbons (Fsp3) is 0.176. The average Bonchev–Trinajstić information content (AvgIpc) is 2.48. The Bertz CT molecular complexity index is 648. The lowest BCUT2D eigenvalue weighted by molar-refractivity contribution is -0.118. The number of aldehydes is 1. The highest BCUT2D eigenvalue weighted by atomic mass is 16.5. The molecule has 108 valence electrons. The number of amides is 1. The van der Waals surface area contributed by atoms with Gasteiger partial charge < -0.3 is 10.1 Å². The summed E-state index contributed by atoms with van der Waals surface area (Å²) in [4.78, 5) is 22.8. The molecule has 1 amide bonds. The van der Waals surface area contributed by atoms with Crippen molar-refractivity contribution in [3.05, 3.63) is 59.2 Å². The Hall–Kier alpha value is -2.62. The van der Waals surface area contributed by atoms with Gasteiger partial charge in [-0.25, -0.2) is 0 Å². The van der Waals surface area contributed by atoms with Gasteiger partial charge in [-0.05, 0) is 37.6 Å². The van der Waals surface area contributed by atoms with Crippen molar-refractivity contribution in [2.45, 2.75) is 13.8 Å². The second-order valence-electron chi connectivity index (χ2n) is 4.81. The van der Waals surface area contributed by atoms with Crippen LogP contribution in [0.1, 0.15) is 21.5 Å². The molecule has 2 rings (SSSR count). The van der Waals surface area contributed by atoms with Crippen LogP contribution >= 0.6 is 0 Å². The van der Waals surface area contributed by atoms with Crippen LogP contribution < -0.4 is 10.1 Å². The minimum atomic E-state index is -0.265. The molecule has 2 aromatic carbocycles. The number of rotatable bonds is 5. The summed E-state index contributed by atoms with van der Waals surface area (Å²) in [5.74, 6) is 0.186. The molecular formula is C17H17NO3. The molecule has 0 saturated heterocycles. The van der Waals surface area contributed by atoms with Gasteiger partial charge in [-0.3, -0.25) is 9.59 Å². The SMILES string of the molecule is Cc1ccc(NC(=O)COc2c(C)cccc2C=O)cc1. The van der Waals surface area contributed by atoms with Crippen LogP contribution in [0.15, 0.2) is 42.5 Å². The lowest BCUT2D eigenvalue weighted by atomic mass is 10.1. The first-order valence-electron chi connectivity index (χ1n) is 6.64. The second-order valence-corrected chi connectivity index (χ2v) is 4.81. The summed E-state index contributed by atoms with van der Waals surface area (Å²) < 4.78 is 5.47. The standard InChI is InChI=1S/C17H17NO3/c1-12-6-8-15(9-7-12)18-16(20)11-21-17-13(2)4-3-5-14(17)10-19/h3-10H,11H2,1-2H3,(H,18,20). The van der Waals surface area contributed by atoms with E-state index in [1.54, 1.807) is 12.1 Å². The third kappa shape index (κ3) is 3.92. The van der Waals surface area contributed by atoms with Crippen molar-refractivity contribution in [2.24, 2.45) is 0 Å². The number of hydrogen-bond acceptors (Lipinski definition) is 3. The van der Waals surface area contributed by atoms with Gasteiger partial charge in [0.25, 0.3) is 5.91 Å². The van der Waals surface area contributed by atoms with Crippen LogP contribution in [-0.2, 0) is 4.79 Å². The van der Waals surface area contributed by atoms with Crippen molar-refractivity contribution in [3.8, 4) is 5.75 Å². The summed E-state index contributed by atoms with van der Waals surface area (Å²) in [5.41, 5.74) is 3.11. The lowest BCUT2D eigenvalue weighted by Crippen LogP contribution is -2.20. The van der Waals surface area contributed by atoms with Crippen molar-refractivity contribution in [2.75, 3.05) is 11.9 Å². The predicted octanol–water partition coefficient (Wildman–Crippen LogP) is 3.13. The second kappa shape index (κ2) is 6.70. The predicted molar refractivity (Wildman–Crippen MR) is 81.9 cm³/mol. The van der Waals surface area contributed by atoms with E-state index >= 15 is 0 Å². The summed E-state index contributed by atoms with van der Waals surface area (Å²) in [5, 5.41) is 2.74. The normalized spacial score (nSPS) is 10.0. The number of aryl methyl sites for hydroxylation is 2. The van der Waals surface area contributed by atoms with E-state index in [1.807, 2.05) is 44.2 Å². The van der Waals surface area contributed by atoms with Gasteiger partial charge >= 0.3 is 0 Å². The fourth-order valence-corrected chi connectivity index (χ4v) is 1.94. The van der Waals surface area contributed by atoms with Crippen molar-refractivity contribution < 1.29 is 14.3 Å². The maximum Gasteiger partial charge on any atom is 0.262 e. The number of para-hydroxylation sites is 1. The Morgan fingerprint density at radius 1 is 1.14 bits per heavy atom. The maximum atomic E-state index is 11.9. The molecule has 0 heterocycles. The van der Waals surface area contributed by atoms with Gasteiger partial charge in [0.1, 0.15) is 5.75 Å². The van der Waals surface area contributed by atoms with E-state index in [-0.39, 0.29) is 12.5 Å². The molecule has 0 aromatic heterocycles. The molecule has 0 aliphatic heterocycles. The monoisotopic (exact) mass is 283 g/mol. The molecule has 1 N–H and O–H groups in total. The minimum Gasteiger partial charge on any atom is -0.483 e. The Labute approximate surface area is 123 Å². The summed E-state index contributed by atoms with van der Waals surface area (Å²) in [6, 6.07) is 12.8. The molecule has 0 atom stereocenters. The van der Waals surface area contributed by atoms with Crippen LogP contribution in [0.4, 0.5) is 5.69 Å². The largest absolute Gasteiger partial charge is 0.483 e. The highest BCUT2D eigenvalue weighted by Crippen LogP contribution is 2.21. The maximum absolute atomic E-state index is 11.9. The quantitative estimate of drug-likeness (QED) is 0.858. The molecule has 0 spiro atoms. The van der Waals surface area contributed by atoms with Crippen LogP contribution in [-0.4, -0.2) is 18.8 Å². The molecule has 0 bridgehead atoms. The van der Waals surface area contributed by atoms with Gasteiger partial charge in [-0.1, -0.05) is 29.8 Å². The van der Waals surface area contributed by atoms with Gasteiger partial charge in [0.15, 0.2) is 12.9 Å². The molecule has 0 aliphatic rings. The molecular weight excluding hydrogens is 266 g/mol. The first-order valence-corrected chi connectivity index (χ1v) is 6.64. The van der Waals surface area contributed by atoms with Gasteiger partial charge in [0.05, 0.1) is 5.56 Å². The van der Waals surface area contributed by atoms with E-state index in [0.717, 1.165) is 23.1 Å². The van der Waals surface area contributed by atoms with Crippen LogP contribution in [0.2, 0.25) is 0 Å². The van der Waals surface area contributed by atoms with E-state index in [2.05, 4.69) is 5.32 Å². The molecule has 4 nitrogen and oxygen atoms in total. The zero-order chi connectivity index (χ0) is 15.2. The summed E-state index contributed by atoms with van der Waals surface area (Å²) >= 11 is 0. The van der Waals surface area contributed by atoms with E-state index in [9.17, 15) is 9.59 Å². The smallest absolute Gasteiger partial charge is 0.262 e. The number of carbonyl (C=O) groups is 2. The number of benzene rings is 2. The molecule has 4 heteroatoms. The zero-order valence-corrected chi connectivity index (χ0v) is 12.1. The van der Waals surface area contributed by atoms with E-state index < -0.39 is 0 Å². The number of ether oxygens (including phenoxy) is 1. The number of hydrogen-bond donors (Lipinski definition) is 1. The number of anilines is 1. The van der Waals surface area contributed by atoms with Crippen molar-refractivity contribution in [1.29, 1.82) is 0 Å². The number of carbonyl (C=O) groups excluding carboxylic acids is 2. The average molecular weight is 283 g/mol. The van der Waals surface area contributed by atoms with E-state index in [1.165, 1.54) is 0 Å². The summed E-state index contributed by atoms with van der Waals surface area (Å²) in [6.07, 6.45) is 0.722. The topological polar surface area (TPSA) is 55.4 Å². The Balaban J connectivity index is 1.98. The third-order valence-corrected chi connectivity index (χ3v) is 3.05. The van der Waals surface area contributed by atoms with Crippen LogP contribution in [0.25, 0.3) is 0 Å². The molecule has 0 unspecified atom stereocenters. The van der Waals surface area contributed by atoms with Crippen LogP contribution in [0, 0.1) is 13.8 Å². The number of nitrogens with one attached hydrogen (secondary N) is 1. The molecule has 0 fully saturated rings. The van der Waals surface area contributed by atoms with Crippen molar-refractivity contribution in [3.63, 3.8) is 0 Å². The first-order chi connectivity index (χ1) is 10.1. The van der Waals surface area contributed by atoms with Crippen LogP contribution in [0.5, 0.6) is 5.75 Å². The van der Waals surface area contributed by atoms with E-state index in [0.29, 0.717) is 11.3 Å². The third-order valence-electron chi connectivity index (χ3n) is 3.05.